The number of carbonyl (C=O) groups excluding carboxylic acids is 2. The van der Waals surface area contributed by atoms with Crippen LogP contribution in [0.3, 0.4) is 0 Å². The summed E-state index contributed by atoms with van der Waals surface area (Å²) in [5.41, 5.74) is 1.40. The lowest BCUT2D eigenvalue weighted by Gasteiger charge is -2.31. The standard InChI is InChI=1S/C16H21N3O2S2/c1-4-18(5-2)16(22)23-11(3)15(21)19-10-14(20)17-12-8-6-7-9-13(12)19/h6-9,11H,4-5,10H2,1-3H3,(H,17,20)/t11-/m1/s1. The van der Waals surface area contributed by atoms with Crippen molar-refractivity contribution in [2.24, 2.45) is 0 Å². The van der Waals surface area contributed by atoms with Crippen LogP contribution in [0.15, 0.2) is 24.3 Å². The Labute approximate surface area is 146 Å². The Balaban J connectivity index is 2.14. The van der Waals surface area contributed by atoms with Gasteiger partial charge >= 0.3 is 0 Å². The first-order valence-electron chi connectivity index (χ1n) is 7.63. The summed E-state index contributed by atoms with van der Waals surface area (Å²) in [6, 6.07) is 7.33. The van der Waals surface area contributed by atoms with Gasteiger partial charge in [0.2, 0.25) is 11.8 Å². The number of anilines is 2. The van der Waals surface area contributed by atoms with E-state index in [-0.39, 0.29) is 23.6 Å². The SMILES string of the molecule is CCN(CC)C(=S)S[C@H](C)C(=O)N1CC(=O)Nc2ccccc21. The quantitative estimate of drug-likeness (QED) is 0.846. The number of nitrogens with one attached hydrogen (secondary N) is 1. The van der Waals surface area contributed by atoms with Crippen molar-refractivity contribution in [2.45, 2.75) is 26.0 Å². The highest BCUT2D eigenvalue weighted by Gasteiger charge is 2.30. The van der Waals surface area contributed by atoms with Crippen molar-refractivity contribution < 1.29 is 9.59 Å². The fraction of sp³-hybridized carbons (Fsp3) is 0.438. The zero-order valence-electron chi connectivity index (χ0n) is 13.5. The van der Waals surface area contributed by atoms with Gasteiger partial charge in [0.15, 0.2) is 0 Å². The maximum absolute atomic E-state index is 12.8. The van der Waals surface area contributed by atoms with E-state index in [1.807, 2.05) is 43.9 Å². The lowest BCUT2D eigenvalue weighted by atomic mass is 10.2. The summed E-state index contributed by atoms with van der Waals surface area (Å²) < 4.78 is 0.714. The number of hydrogen-bond donors (Lipinski definition) is 1. The van der Waals surface area contributed by atoms with Crippen molar-refractivity contribution in [1.29, 1.82) is 0 Å². The Bertz CT molecular complexity index is 617. The maximum atomic E-state index is 12.8. The van der Waals surface area contributed by atoms with E-state index in [0.717, 1.165) is 18.8 Å². The second kappa shape index (κ2) is 7.79. The number of thiocarbonyl (C=S) groups is 1. The van der Waals surface area contributed by atoms with Crippen molar-refractivity contribution in [2.75, 3.05) is 29.9 Å². The van der Waals surface area contributed by atoms with Crippen molar-refractivity contribution in [3.8, 4) is 0 Å². The molecule has 2 rings (SSSR count). The van der Waals surface area contributed by atoms with E-state index in [4.69, 9.17) is 12.2 Å². The monoisotopic (exact) mass is 351 g/mol. The summed E-state index contributed by atoms with van der Waals surface area (Å²) in [6.45, 7) is 7.58. The van der Waals surface area contributed by atoms with Crippen LogP contribution in [0.1, 0.15) is 20.8 Å². The summed E-state index contributed by atoms with van der Waals surface area (Å²) in [4.78, 5) is 28.2. The number of nitrogens with zero attached hydrogens (tertiary/aromatic N) is 2. The Morgan fingerprint density at radius 2 is 2.04 bits per heavy atom. The third kappa shape index (κ3) is 4.03. The molecule has 2 amide bonds. The highest BCUT2D eigenvalue weighted by Crippen LogP contribution is 2.31. The van der Waals surface area contributed by atoms with Crippen LogP contribution in [0.25, 0.3) is 0 Å². The first kappa shape index (κ1) is 17.7. The molecule has 0 radical (unpaired) electrons. The van der Waals surface area contributed by atoms with Crippen molar-refractivity contribution in [1.82, 2.24) is 4.90 Å². The van der Waals surface area contributed by atoms with E-state index in [1.165, 1.54) is 16.7 Å². The molecule has 1 aliphatic rings. The number of amides is 2. The van der Waals surface area contributed by atoms with Crippen molar-refractivity contribution in [3.05, 3.63) is 24.3 Å². The first-order valence-corrected chi connectivity index (χ1v) is 8.92. The molecular formula is C16H21N3O2S2. The Morgan fingerprint density at radius 1 is 1.39 bits per heavy atom. The van der Waals surface area contributed by atoms with E-state index in [9.17, 15) is 9.59 Å². The van der Waals surface area contributed by atoms with E-state index < -0.39 is 0 Å². The van der Waals surface area contributed by atoms with Crippen molar-refractivity contribution >= 4 is 51.5 Å². The van der Waals surface area contributed by atoms with Crippen LogP contribution in [0.5, 0.6) is 0 Å². The molecule has 0 saturated carbocycles. The van der Waals surface area contributed by atoms with Gasteiger partial charge in [0.05, 0.1) is 16.6 Å². The molecule has 0 unspecified atom stereocenters. The highest BCUT2D eigenvalue weighted by molar-refractivity contribution is 8.23. The smallest absolute Gasteiger partial charge is 0.244 e. The molecule has 1 aromatic rings. The van der Waals surface area contributed by atoms with Gasteiger partial charge in [-0.1, -0.05) is 36.1 Å². The Morgan fingerprint density at radius 3 is 2.70 bits per heavy atom. The van der Waals surface area contributed by atoms with Crippen LogP contribution in [-0.4, -0.2) is 45.9 Å². The summed E-state index contributed by atoms with van der Waals surface area (Å²) in [7, 11) is 0. The minimum atomic E-state index is -0.345. The molecule has 7 heteroatoms. The number of thioether (sulfide) groups is 1. The molecule has 0 spiro atoms. The third-order valence-corrected chi connectivity index (χ3v) is 5.25. The zero-order chi connectivity index (χ0) is 17.0. The predicted octanol–water partition coefficient (Wildman–Crippen LogP) is 2.72. The van der Waals surface area contributed by atoms with Gasteiger partial charge in [-0.3, -0.25) is 14.5 Å². The van der Waals surface area contributed by atoms with Gasteiger partial charge in [-0.25, -0.2) is 0 Å². The molecule has 0 aromatic heterocycles. The number of fused-ring (bicyclic) bond motifs is 1. The minimum absolute atomic E-state index is 0.0405. The molecule has 1 aliphatic heterocycles. The van der Waals surface area contributed by atoms with Crippen LogP contribution in [-0.2, 0) is 9.59 Å². The topological polar surface area (TPSA) is 52.7 Å². The minimum Gasteiger partial charge on any atom is -0.358 e. The molecule has 1 aromatic carbocycles. The molecule has 124 valence electrons. The van der Waals surface area contributed by atoms with E-state index >= 15 is 0 Å². The van der Waals surface area contributed by atoms with E-state index in [1.54, 1.807) is 6.07 Å². The maximum Gasteiger partial charge on any atom is 0.244 e. The summed E-state index contributed by atoms with van der Waals surface area (Å²) in [5.74, 6) is -0.285. The number of rotatable bonds is 4. The van der Waals surface area contributed by atoms with Gasteiger partial charge in [-0.15, -0.1) is 0 Å². The van der Waals surface area contributed by atoms with Crippen LogP contribution >= 0.6 is 24.0 Å². The average Bonchev–Trinajstić information content (AvgIpc) is 2.54. The molecule has 1 N–H and O–H groups in total. The van der Waals surface area contributed by atoms with Gasteiger partial charge in [0.1, 0.15) is 10.9 Å². The largest absolute Gasteiger partial charge is 0.358 e. The van der Waals surface area contributed by atoms with Crippen LogP contribution in [0.2, 0.25) is 0 Å². The molecule has 1 atom stereocenters. The summed E-state index contributed by atoms with van der Waals surface area (Å²) in [6.07, 6.45) is 0. The lowest BCUT2D eigenvalue weighted by molar-refractivity contribution is -0.121. The molecule has 23 heavy (non-hydrogen) atoms. The number of benzene rings is 1. The van der Waals surface area contributed by atoms with Gasteiger partial charge in [-0.05, 0) is 32.9 Å². The molecular weight excluding hydrogens is 330 g/mol. The first-order chi connectivity index (χ1) is 11.0. The van der Waals surface area contributed by atoms with Gasteiger partial charge in [-0.2, -0.15) is 0 Å². The Hall–Kier alpha value is -1.60. The van der Waals surface area contributed by atoms with Crippen molar-refractivity contribution in [3.63, 3.8) is 0 Å². The fourth-order valence-corrected chi connectivity index (χ4v) is 4.04. The molecule has 0 bridgehead atoms. The zero-order valence-corrected chi connectivity index (χ0v) is 15.2. The van der Waals surface area contributed by atoms with Gasteiger partial charge < -0.3 is 10.2 Å². The molecule has 1 heterocycles. The second-order valence-corrected chi connectivity index (χ2v) is 7.16. The lowest BCUT2D eigenvalue weighted by Crippen LogP contribution is -2.45. The Kier molecular flexibility index (Phi) is 6.01. The fourth-order valence-electron chi connectivity index (χ4n) is 2.41. The van der Waals surface area contributed by atoms with Crippen LogP contribution < -0.4 is 10.2 Å². The molecule has 0 fully saturated rings. The number of hydrogen-bond acceptors (Lipinski definition) is 4. The van der Waals surface area contributed by atoms with Crippen LogP contribution in [0.4, 0.5) is 11.4 Å². The highest BCUT2D eigenvalue weighted by atomic mass is 32.2. The molecule has 0 aliphatic carbocycles. The van der Waals surface area contributed by atoms with Crippen LogP contribution in [0, 0.1) is 0 Å². The number of para-hydroxylation sites is 2. The predicted molar refractivity (Wildman–Crippen MR) is 100.0 cm³/mol. The number of carbonyl (C=O) groups is 2. The normalized spacial score (nSPS) is 14.7. The summed E-state index contributed by atoms with van der Waals surface area (Å²) >= 11 is 6.78. The third-order valence-electron chi connectivity index (χ3n) is 3.68. The van der Waals surface area contributed by atoms with E-state index in [0.29, 0.717) is 10.0 Å². The molecule has 5 nitrogen and oxygen atoms in total. The van der Waals surface area contributed by atoms with Gasteiger partial charge in [0, 0.05) is 13.1 Å². The average molecular weight is 351 g/mol. The second-order valence-electron chi connectivity index (χ2n) is 5.19. The van der Waals surface area contributed by atoms with Gasteiger partial charge in [0.25, 0.3) is 0 Å². The molecule has 0 saturated heterocycles. The summed E-state index contributed by atoms with van der Waals surface area (Å²) in [5, 5.41) is 2.44. The van der Waals surface area contributed by atoms with E-state index in [2.05, 4.69) is 5.32 Å².